The molecule has 100 valence electrons. The van der Waals surface area contributed by atoms with Gasteiger partial charge in [0.2, 0.25) is 5.91 Å². The highest BCUT2D eigenvalue weighted by Gasteiger charge is 2.40. The Bertz CT molecular complexity index is 530. The Morgan fingerprint density at radius 2 is 2.00 bits per heavy atom. The molecule has 0 N–H and O–H groups in total. The van der Waals surface area contributed by atoms with E-state index in [1.165, 1.54) is 0 Å². The zero-order valence-corrected chi connectivity index (χ0v) is 11.7. The van der Waals surface area contributed by atoms with Crippen LogP contribution in [0.4, 0.5) is 0 Å². The van der Waals surface area contributed by atoms with E-state index in [9.17, 15) is 4.79 Å². The third-order valence-corrected chi connectivity index (χ3v) is 3.86. The van der Waals surface area contributed by atoms with E-state index in [0.717, 1.165) is 18.7 Å². The average Bonchev–Trinajstić information content (AvgIpc) is 2.40. The second-order valence-electron chi connectivity index (χ2n) is 5.48. The minimum Gasteiger partial charge on any atom is -0.343 e. The van der Waals surface area contributed by atoms with E-state index in [1.54, 1.807) is 4.90 Å². The lowest BCUT2D eigenvalue weighted by molar-refractivity contribution is -0.147. The van der Waals surface area contributed by atoms with Gasteiger partial charge in [-0.15, -0.1) is 0 Å². The van der Waals surface area contributed by atoms with Gasteiger partial charge in [-0.2, -0.15) is 5.26 Å². The Balaban J connectivity index is 2.24. The van der Waals surface area contributed by atoms with Gasteiger partial charge in [0.15, 0.2) is 0 Å². The first-order valence-corrected chi connectivity index (χ1v) is 6.45. The van der Waals surface area contributed by atoms with Gasteiger partial charge in [0, 0.05) is 26.7 Å². The van der Waals surface area contributed by atoms with Crippen LogP contribution < -0.4 is 0 Å². The van der Waals surface area contributed by atoms with Crippen LogP contribution in [0, 0.1) is 11.3 Å². The Hall–Kier alpha value is -1.86. The number of hydrogen-bond acceptors (Lipinski definition) is 3. The maximum Gasteiger partial charge on any atom is 0.242 e. The molecule has 0 radical (unpaired) electrons. The van der Waals surface area contributed by atoms with Crippen molar-refractivity contribution in [2.24, 2.45) is 0 Å². The van der Waals surface area contributed by atoms with Crippen LogP contribution in [0.25, 0.3) is 0 Å². The topological polar surface area (TPSA) is 47.3 Å². The summed E-state index contributed by atoms with van der Waals surface area (Å²) in [7, 11) is 1.84. The van der Waals surface area contributed by atoms with Gasteiger partial charge < -0.3 is 4.90 Å². The van der Waals surface area contributed by atoms with Gasteiger partial charge in [0.25, 0.3) is 0 Å². The minimum atomic E-state index is -0.518. The molecule has 19 heavy (non-hydrogen) atoms. The predicted octanol–water partition coefficient (Wildman–Crippen LogP) is 1.61. The predicted molar refractivity (Wildman–Crippen MR) is 73.3 cm³/mol. The molecule has 1 heterocycles. The number of benzene rings is 1. The molecular weight excluding hydrogens is 238 g/mol. The number of hydrogen-bond donors (Lipinski definition) is 0. The van der Waals surface area contributed by atoms with E-state index in [2.05, 4.69) is 11.0 Å². The van der Waals surface area contributed by atoms with Crippen LogP contribution in [-0.2, 0) is 11.3 Å². The fourth-order valence-corrected chi connectivity index (χ4v) is 2.50. The zero-order chi connectivity index (χ0) is 14.0. The Labute approximate surface area is 114 Å². The van der Waals surface area contributed by atoms with E-state index in [0.29, 0.717) is 12.1 Å². The van der Waals surface area contributed by atoms with E-state index in [1.807, 2.05) is 45.2 Å². The van der Waals surface area contributed by atoms with Crippen LogP contribution in [0.3, 0.4) is 0 Å². The maximum absolute atomic E-state index is 12.2. The van der Waals surface area contributed by atoms with Crippen molar-refractivity contribution in [3.63, 3.8) is 0 Å². The van der Waals surface area contributed by atoms with Crippen LogP contribution in [-0.4, -0.2) is 41.4 Å². The number of amides is 1. The maximum atomic E-state index is 12.2. The monoisotopic (exact) mass is 257 g/mol. The second kappa shape index (κ2) is 5.02. The summed E-state index contributed by atoms with van der Waals surface area (Å²) in [6, 6.07) is 9.78. The van der Waals surface area contributed by atoms with Crippen molar-refractivity contribution >= 4 is 5.91 Å². The number of carbonyl (C=O) groups is 1. The second-order valence-corrected chi connectivity index (χ2v) is 5.48. The largest absolute Gasteiger partial charge is 0.343 e. The lowest BCUT2D eigenvalue weighted by Gasteiger charge is -2.44. The van der Waals surface area contributed by atoms with Crippen molar-refractivity contribution in [2.45, 2.75) is 25.9 Å². The molecule has 0 atom stereocenters. The van der Waals surface area contributed by atoms with Gasteiger partial charge in [-0.1, -0.05) is 18.2 Å². The molecule has 1 aromatic carbocycles. The Kier molecular flexibility index (Phi) is 3.59. The van der Waals surface area contributed by atoms with E-state index in [4.69, 9.17) is 5.26 Å². The van der Waals surface area contributed by atoms with Crippen LogP contribution in [0.1, 0.15) is 25.0 Å². The minimum absolute atomic E-state index is 0.133. The summed E-state index contributed by atoms with van der Waals surface area (Å²) in [5.41, 5.74) is 1.15. The summed E-state index contributed by atoms with van der Waals surface area (Å²) in [5.74, 6) is 0.133. The highest BCUT2D eigenvalue weighted by molar-refractivity contribution is 5.86. The SMILES string of the molecule is CN1CCN(Cc2ccccc2C#N)C(C)(C)C1=O. The van der Waals surface area contributed by atoms with Gasteiger partial charge in [-0.25, -0.2) is 0 Å². The number of nitrogens with zero attached hydrogens (tertiary/aromatic N) is 3. The highest BCUT2D eigenvalue weighted by atomic mass is 16.2. The molecule has 1 aliphatic rings. The van der Waals surface area contributed by atoms with Crippen LogP contribution >= 0.6 is 0 Å². The summed E-state index contributed by atoms with van der Waals surface area (Å²) in [4.78, 5) is 16.1. The number of piperazine rings is 1. The average molecular weight is 257 g/mol. The highest BCUT2D eigenvalue weighted by Crippen LogP contribution is 2.24. The molecule has 0 bridgehead atoms. The molecule has 0 aliphatic carbocycles. The van der Waals surface area contributed by atoms with Gasteiger partial charge in [0.1, 0.15) is 0 Å². The third-order valence-electron chi connectivity index (χ3n) is 3.86. The van der Waals surface area contributed by atoms with Crippen LogP contribution in [0.15, 0.2) is 24.3 Å². The summed E-state index contributed by atoms with van der Waals surface area (Å²) >= 11 is 0. The molecule has 1 amide bonds. The molecular formula is C15H19N3O. The summed E-state index contributed by atoms with van der Waals surface area (Å²) in [6.07, 6.45) is 0. The molecule has 2 rings (SSSR count). The molecule has 0 spiro atoms. The molecule has 0 aromatic heterocycles. The number of carbonyl (C=O) groups excluding carboxylic acids is 1. The normalized spacial score (nSPS) is 19.3. The first kappa shape index (κ1) is 13.6. The van der Waals surface area contributed by atoms with Gasteiger partial charge in [-0.05, 0) is 25.5 Å². The van der Waals surface area contributed by atoms with Crippen LogP contribution in [0.2, 0.25) is 0 Å². The summed E-state index contributed by atoms with van der Waals surface area (Å²) in [6.45, 7) is 6.09. The summed E-state index contributed by atoms with van der Waals surface area (Å²) in [5, 5.41) is 9.13. The van der Waals surface area contributed by atoms with Crippen molar-refractivity contribution in [1.82, 2.24) is 9.80 Å². The molecule has 0 saturated carbocycles. The van der Waals surface area contributed by atoms with E-state index in [-0.39, 0.29) is 5.91 Å². The smallest absolute Gasteiger partial charge is 0.242 e. The quantitative estimate of drug-likeness (QED) is 0.808. The van der Waals surface area contributed by atoms with Gasteiger partial charge >= 0.3 is 0 Å². The van der Waals surface area contributed by atoms with Crippen molar-refractivity contribution in [2.75, 3.05) is 20.1 Å². The van der Waals surface area contributed by atoms with Crippen molar-refractivity contribution in [3.8, 4) is 6.07 Å². The Morgan fingerprint density at radius 1 is 1.32 bits per heavy atom. The first-order chi connectivity index (χ1) is 8.96. The van der Waals surface area contributed by atoms with Crippen molar-refractivity contribution in [1.29, 1.82) is 5.26 Å². The Morgan fingerprint density at radius 3 is 2.68 bits per heavy atom. The van der Waals surface area contributed by atoms with Crippen LogP contribution in [0.5, 0.6) is 0 Å². The molecule has 1 aliphatic heterocycles. The number of likely N-dealkylation sites (N-methyl/N-ethyl adjacent to an activating group) is 1. The fraction of sp³-hybridized carbons (Fsp3) is 0.467. The molecule has 4 nitrogen and oxygen atoms in total. The number of rotatable bonds is 2. The van der Waals surface area contributed by atoms with Gasteiger partial charge in [0.05, 0.1) is 17.2 Å². The van der Waals surface area contributed by atoms with Crippen molar-refractivity contribution in [3.05, 3.63) is 35.4 Å². The fourth-order valence-electron chi connectivity index (χ4n) is 2.50. The van der Waals surface area contributed by atoms with Gasteiger partial charge in [-0.3, -0.25) is 9.69 Å². The lowest BCUT2D eigenvalue weighted by Crippen LogP contribution is -2.61. The molecule has 1 saturated heterocycles. The molecule has 4 heteroatoms. The summed E-state index contributed by atoms with van der Waals surface area (Å²) < 4.78 is 0. The zero-order valence-electron chi connectivity index (χ0n) is 11.7. The first-order valence-electron chi connectivity index (χ1n) is 6.45. The van der Waals surface area contributed by atoms with E-state index < -0.39 is 5.54 Å². The van der Waals surface area contributed by atoms with Crippen molar-refractivity contribution < 1.29 is 4.79 Å². The molecule has 1 aromatic rings. The van der Waals surface area contributed by atoms with E-state index >= 15 is 0 Å². The lowest BCUT2D eigenvalue weighted by atomic mass is 9.96. The molecule has 0 unspecified atom stereocenters. The standard InChI is InChI=1S/C15H19N3O/c1-15(2)14(19)17(3)8-9-18(15)11-13-7-5-4-6-12(13)10-16/h4-7H,8-9,11H2,1-3H3. The number of nitriles is 1. The molecule has 1 fully saturated rings. The third kappa shape index (κ3) is 2.47.